The van der Waals surface area contributed by atoms with Gasteiger partial charge < -0.3 is 0 Å². The molecule has 1 aromatic heterocycles. The number of halogens is 2. The number of hydrogen-bond donors (Lipinski definition) is 1. The van der Waals surface area contributed by atoms with Gasteiger partial charge in [-0.3, -0.25) is 9.48 Å². The first-order valence-electron chi connectivity index (χ1n) is 6.73. The highest BCUT2D eigenvalue weighted by Crippen LogP contribution is 2.19. The number of hydrogen-bond acceptors (Lipinski definition) is 3. The minimum Gasteiger partial charge on any atom is -0.273 e. The van der Waals surface area contributed by atoms with E-state index in [1.165, 1.54) is 6.21 Å². The highest BCUT2D eigenvalue weighted by molar-refractivity contribution is 6.36. The molecule has 0 unspecified atom stereocenters. The molecule has 7 heteroatoms. The summed E-state index contributed by atoms with van der Waals surface area (Å²) >= 11 is 11.8. The molecular formula is C15H16Cl2N4O. The quantitative estimate of drug-likeness (QED) is 0.671. The van der Waals surface area contributed by atoms with Crippen molar-refractivity contribution in [3.8, 4) is 0 Å². The molecule has 0 saturated heterocycles. The van der Waals surface area contributed by atoms with E-state index < -0.39 is 0 Å². The molecule has 0 aliphatic heterocycles. The Morgan fingerprint density at radius 3 is 2.77 bits per heavy atom. The Balaban J connectivity index is 1.85. The van der Waals surface area contributed by atoms with E-state index in [2.05, 4.69) is 15.6 Å². The lowest BCUT2D eigenvalue weighted by Crippen LogP contribution is -2.20. The number of aromatic nitrogens is 2. The second-order valence-corrected chi connectivity index (χ2v) is 5.70. The van der Waals surface area contributed by atoms with Gasteiger partial charge in [-0.15, -0.1) is 0 Å². The van der Waals surface area contributed by atoms with Crippen molar-refractivity contribution >= 4 is 35.3 Å². The molecule has 0 bridgehead atoms. The standard InChI is InChI=1S/C15H16Cl2N4O/c1-10-7-11(2)21(20-10)6-5-15(22)19-18-9-12-3-4-13(16)8-14(12)17/h3-4,7-9H,5-6H2,1-2H3,(H,19,22)/b18-9+. The first kappa shape index (κ1) is 16.5. The van der Waals surface area contributed by atoms with Gasteiger partial charge >= 0.3 is 0 Å². The molecule has 1 aromatic carbocycles. The van der Waals surface area contributed by atoms with Crippen LogP contribution >= 0.6 is 23.2 Å². The van der Waals surface area contributed by atoms with Gasteiger partial charge in [0.15, 0.2) is 0 Å². The molecule has 116 valence electrons. The number of nitrogens with zero attached hydrogens (tertiary/aromatic N) is 3. The van der Waals surface area contributed by atoms with E-state index in [1.54, 1.807) is 22.9 Å². The fraction of sp³-hybridized carbons (Fsp3) is 0.267. The van der Waals surface area contributed by atoms with E-state index in [1.807, 2.05) is 19.9 Å². The van der Waals surface area contributed by atoms with Crippen molar-refractivity contribution in [1.29, 1.82) is 0 Å². The van der Waals surface area contributed by atoms with Gasteiger partial charge in [0.25, 0.3) is 0 Å². The molecule has 0 fully saturated rings. The third-order valence-corrected chi connectivity index (χ3v) is 3.57. The van der Waals surface area contributed by atoms with Crippen molar-refractivity contribution in [1.82, 2.24) is 15.2 Å². The predicted molar refractivity (Wildman–Crippen MR) is 88.5 cm³/mol. The molecule has 2 aromatic rings. The van der Waals surface area contributed by atoms with E-state index in [-0.39, 0.29) is 5.91 Å². The fourth-order valence-electron chi connectivity index (χ4n) is 1.94. The second kappa shape index (κ2) is 7.42. The molecule has 1 heterocycles. The first-order chi connectivity index (χ1) is 10.5. The number of rotatable bonds is 5. The van der Waals surface area contributed by atoms with Crippen LogP contribution in [-0.2, 0) is 11.3 Å². The minimum atomic E-state index is -0.186. The molecule has 5 nitrogen and oxygen atoms in total. The van der Waals surface area contributed by atoms with Gasteiger partial charge in [0.05, 0.1) is 23.5 Å². The minimum absolute atomic E-state index is 0.186. The van der Waals surface area contributed by atoms with Crippen LogP contribution in [-0.4, -0.2) is 21.9 Å². The highest BCUT2D eigenvalue weighted by atomic mass is 35.5. The highest BCUT2D eigenvalue weighted by Gasteiger charge is 2.04. The third-order valence-electron chi connectivity index (χ3n) is 3.01. The van der Waals surface area contributed by atoms with Crippen LogP contribution in [0.25, 0.3) is 0 Å². The fourth-order valence-corrected chi connectivity index (χ4v) is 2.40. The summed E-state index contributed by atoms with van der Waals surface area (Å²) in [6.45, 7) is 4.39. The molecular weight excluding hydrogens is 323 g/mol. The van der Waals surface area contributed by atoms with Crippen molar-refractivity contribution in [2.24, 2.45) is 5.10 Å². The van der Waals surface area contributed by atoms with E-state index in [9.17, 15) is 4.79 Å². The van der Waals surface area contributed by atoms with Crippen molar-refractivity contribution in [3.63, 3.8) is 0 Å². The van der Waals surface area contributed by atoms with E-state index >= 15 is 0 Å². The number of carbonyl (C=O) groups excluding carboxylic acids is 1. The van der Waals surface area contributed by atoms with Crippen LogP contribution < -0.4 is 5.43 Å². The number of benzene rings is 1. The summed E-state index contributed by atoms with van der Waals surface area (Å²) in [5, 5.41) is 9.22. The van der Waals surface area contributed by atoms with Gasteiger partial charge in [-0.2, -0.15) is 10.2 Å². The van der Waals surface area contributed by atoms with Crippen LogP contribution in [0, 0.1) is 13.8 Å². The summed E-state index contributed by atoms with van der Waals surface area (Å²) in [4.78, 5) is 11.7. The molecule has 0 spiro atoms. The normalized spacial score (nSPS) is 11.1. The molecule has 1 amide bonds. The Kier molecular flexibility index (Phi) is 5.57. The molecule has 0 atom stereocenters. The summed E-state index contributed by atoms with van der Waals surface area (Å²) < 4.78 is 1.80. The average Bonchev–Trinajstić information content (AvgIpc) is 2.77. The lowest BCUT2D eigenvalue weighted by molar-refractivity contribution is -0.121. The summed E-state index contributed by atoms with van der Waals surface area (Å²) in [6, 6.07) is 7.03. The summed E-state index contributed by atoms with van der Waals surface area (Å²) in [5.41, 5.74) is 5.12. The monoisotopic (exact) mass is 338 g/mol. The van der Waals surface area contributed by atoms with Crippen LogP contribution in [0.1, 0.15) is 23.4 Å². The SMILES string of the molecule is Cc1cc(C)n(CCC(=O)N/N=C/c2ccc(Cl)cc2Cl)n1. The molecule has 0 aliphatic rings. The van der Waals surface area contributed by atoms with Gasteiger partial charge in [0.1, 0.15) is 0 Å². The maximum Gasteiger partial charge on any atom is 0.241 e. The Hall–Kier alpha value is -1.85. The van der Waals surface area contributed by atoms with Crippen LogP contribution in [0.3, 0.4) is 0 Å². The molecule has 0 radical (unpaired) electrons. The Morgan fingerprint density at radius 1 is 1.36 bits per heavy atom. The van der Waals surface area contributed by atoms with E-state index in [4.69, 9.17) is 23.2 Å². The topological polar surface area (TPSA) is 59.3 Å². The average molecular weight is 339 g/mol. The Morgan fingerprint density at radius 2 is 2.14 bits per heavy atom. The van der Waals surface area contributed by atoms with Crippen molar-refractivity contribution in [2.45, 2.75) is 26.8 Å². The maximum atomic E-state index is 11.7. The first-order valence-corrected chi connectivity index (χ1v) is 7.49. The number of hydrazone groups is 1. The van der Waals surface area contributed by atoms with Gasteiger partial charge in [-0.05, 0) is 32.0 Å². The van der Waals surface area contributed by atoms with Crippen molar-refractivity contribution in [3.05, 3.63) is 51.3 Å². The number of aryl methyl sites for hydroxylation is 3. The molecule has 1 N–H and O–H groups in total. The van der Waals surface area contributed by atoms with Crippen LogP contribution in [0.15, 0.2) is 29.4 Å². The number of amides is 1. The Bertz CT molecular complexity index is 710. The van der Waals surface area contributed by atoms with Gasteiger partial charge in [-0.25, -0.2) is 5.43 Å². The summed E-state index contributed by atoms with van der Waals surface area (Å²) in [7, 11) is 0. The van der Waals surface area contributed by atoms with E-state index in [0.29, 0.717) is 28.6 Å². The molecule has 2 rings (SSSR count). The van der Waals surface area contributed by atoms with Gasteiger partial charge in [0.2, 0.25) is 5.91 Å². The maximum absolute atomic E-state index is 11.7. The zero-order valence-electron chi connectivity index (χ0n) is 12.3. The van der Waals surface area contributed by atoms with Crippen molar-refractivity contribution in [2.75, 3.05) is 0 Å². The lowest BCUT2D eigenvalue weighted by atomic mass is 10.2. The predicted octanol–water partition coefficient (Wildman–Crippen LogP) is 3.35. The zero-order chi connectivity index (χ0) is 16.1. The smallest absolute Gasteiger partial charge is 0.241 e. The van der Waals surface area contributed by atoms with Gasteiger partial charge in [0, 0.05) is 22.7 Å². The third kappa shape index (κ3) is 4.58. The largest absolute Gasteiger partial charge is 0.273 e. The van der Waals surface area contributed by atoms with E-state index in [0.717, 1.165) is 11.4 Å². The Labute approximate surface area is 138 Å². The molecule has 0 aliphatic carbocycles. The van der Waals surface area contributed by atoms with Crippen LogP contribution in [0.4, 0.5) is 0 Å². The lowest BCUT2D eigenvalue weighted by Gasteiger charge is -2.03. The summed E-state index contributed by atoms with van der Waals surface area (Å²) in [6.07, 6.45) is 1.79. The zero-order valence-corrected chi connectivity index (χ0v) is 13.8. The molecule has 0 saturated carbocycles. The summed E-state index contributed by atoms with van der Waals surface area (Å²) in [5.74, 6) is -0.186. The van der Waals surface area contributed by atoms with Crippen molar-refractivity contribution < 1.29 is 4.79 Å². The van der Waals surface area contributed by atoms with Crippen LogP contribution in [0.5, 0.6) is 0 Å². The second-order valence-electron chi connectivity index (χ2n) is 4.86. The number of carbonyl (C=O) groups is 1. The van der Waals surface area contributed by atoms with Gasteiger partial charge in [-0.1, -0.05) is 29.3 Å². The van der Waals surface area contributed by atoms with Crippen LogP contribution in [0.2, 0.25) is 10.0 Å². The number of nitrogens with one attached hydrogen (secondary N) is 1. The molecule has 22 heavy (non-hydrogen) atoms.